The van der Waals surface area contributed by atoms with Crippen LogP contribution in [0.15, 0.2) is 36.5 Å². The first-order valence-electron chi connectivity index (χ1n) is 9.39. The molecule has 0 aliphatic heterocycles. The Morgan fingerprint density at radius 1 is 1.21 bits per heavy atom. The molecule has 1 unspecified atom stereocenters. The van der Waals surface area contributed by atoms with Gasteiger partial charge in [-0.15, -0.1) is 0 Å². The number of nitrogens with zero attached hydrogens (tertiary/aromatic N) is 1. The van der Waals surface area contributed by atoms with E-state index in [0.717, 1.165) is 0 Å². The van der Waals surface area contributed by atoms with Crippen LogP contribution >= 0.6 is 0 Å². The van der Waals surface area contributed by atoms with Gasteiger partial charge in [-0.1, -0.05) is 26.0 Å². The first-order valence-corrected chi connectivity index (χ1v) is 9.39. The molecule has 1 aromatic heterocycles. The normalized spacial score (nSPS) is 11.8. The maximum Gasteiger partial charge on any atom is 0.328 e. The monoisotopic (exact) mass is 400 g/mol. The highest BCUT2D eigenvalue weighted by Gasteiger charge is 2.22. The molecule has 0 fully saturated rings. The molecular weight excluding hydrogens is 372 g/mol. The molecule has 4 N–H and O–H groups in total. The molecule has 1 atom stereocenters. The van der Waals surface area contributed by atoms with Gasteiger partial charge in [0.25, 0.3) is 5.91 Å². The lowest BCUT2D eigenvalue weighted by atomic mass is 10.0. The van der Waals surface area contributed by atoms with Gasteiger partial charge in [0.15, 0.2) is 0 Å². The SMILES string of the molecule is COC(=O)C(CC(C)C)NC(=O)Cc1cccc(NC(=O)c2cc(N)cn2C)c1. The largest absolute Gasteiger partial charge is 0.467 e. The lowest BCUT2D eigenvalue weighted by molar-refractivity contribution is -0.145. The number of aryl methyl sites for hydroxylation is 1. The van der Waals surface area contributed by atoms with Crippen LogP contribution in [0.3, 0.4) is 0 Å². The Morgan fingerprint density at radius 2 is 1.93 bits per heavy atom. The lowest BCUT2D eigenvalue weighted by Gasteiger charge is -2.18. The Balaban J connectivity index is 2.03. The number of ether oxygens (including phenoxy) is 1. The summed E-state index contributed by atoms with van der Waals surface area (Å²) in [4.78, 5) is 36.7. The van der Waals surface area contributed by atoms with Gasteiger partial charge in [-0.2, -0.15) is 0 Å². The van der Waals surface area contributed by atoms with E-state index in [1.54, 1.807) is 48.1 Å². The molecule has 0 saturated heterocycles. The van der Waals surface area contributed by atoms with Gasteiger partial charge >= 0.3 is 5.97 Å². The molecule has 0 radical (unpaired) electrons. The van der Waals surface area contributed by atoms with Crippen LogP contribution in [0.1, 0.15) is 36.3 Å². The van der Waals surface area contributed by atoms with Crippen LogP contribution in [0.25, 0.3) is 0 Å². The van der Waals surface area contributed by atoms with Crippen LogP contribution in [-0.4, -0.2) is 35.5 Å². The van der Waals surface area contributed by atoms with E-state index in [1.807, 2.05) is 13.8 Å². The highest BCUT2D eigenvalue weighted by atomic mass is 16.5. The number of carbonyl (C=O) groups is 3. The van der Waals surface area contributed by atoms with Crippen molar-refractivity contribution in [1.29, 1.82) is 0 Å². The van der Waals surface area contributed by atoms with E-state index in [0.29, 0.717) is 29.1 Å². The second-order valence-corrected chi connectivity index (χ2v) is 7.37. The van der Waals surface area contributed by atoms with Crippen LogP contribution < -0.4 is 16.4 Å². The lowest BCUT2D eigenvalue weighted by Crippen LogP contribution is -2.43. The number of benzene rings is 1. The van der Waals surface area contributed by atoms with Crippen molar-refractivity contribution in [3.63, 3.8) is 0 Å². The quantitative estimate of drug-likeness (QED) is 0.587. The smallest absolute Gasteiger partial charge is 0.328 e. The van der Waals surface area contributed by atoms with E-state index in [9.17, 15) is 14.4 Å². The fourth-order valence-corrected chi connectivity index (χ4v) is 3.03. The Labute approximate surface area is 170 Å². The molecule has 0 spiro atoms. The standard InChI is InChI=1S/C21H28N4O4/c1-13(2)8-17(21(28)29-4)24-19(26)10-14-6-5-7-16(9-14)23-20(27)18-11-15(22)12-25(18)3/h5-7,9,11-13,17H,8,10,22H2,1-4H3,(H,23,27)(H,24,26). The number of methoxy groups -OCH3 is 1. The summed E-state index contributed by atoms with van der Waals surface area (Å²) in [6.07, 6.45) is 2.23. The first-order chi connectivity index (χ1) is 13.7. The third-order valence-electron chi connectivity index (χ3n) is 4.34. The highest BCUT2D eigenvalue weighted by molar-refractivity contribution is 6.03. The third kappa shape index (κ3) is 6.38. The van der Waals surface area contributed by atoms with Crippen molar-refractivity contribution in [2.24, 2.45) is 13.0 Å². The van der Waals surface area contributed by atoms with Gasteiger partial charge in [0, 0.05) is 18.9 Å². The summed E-state index contributed by atoms with van der Waals surface area (Å²) in [6.45, 7) is 3.93. The van der Waals surface area contributed by atoms with Gasteiger partial charge in [0.2, 0.25) is 5.91 Å². The van der Waals surface area contributed by atoms with Crippen LogP contribution in [0.4, 0.5) is 11.4 Å². The predicted octanol–water partition coefficient (Wildman–Crippen LogP) is 2.11. The fourth-order valence-electron chi connectivity index (χ4n) is 3.03. The Morgan fingerprint density at radius 3 is 2.52 bits per heavy atom. The maximum absolute atomic E-state index is 12.4. The first kappa shape index (κ1) is 22.0. The number of nitrogens with two attached hydrogens (primary N) is 1. The third-order valence-corrected chi connectivity index (χ3v) is 4.34. The van der Waals surface area contributed by atoms with E-state index >= 15 is 0 Å². The van der Waals surface area contributed by atoms with Crippen molar-refractivity contribution in [2.75, 3.05) is 18.2 Å². The number of anilines is 2. The number of amides is 2. The molecule has 8 heteroatoms. The van der Waals surface area contributed by atoms with Gasteiger partial charge in [-0.3, -0.25) is 9.59 Å². The molecule has 0 aliphatic carbocycles. The number of hydrogen-bond acceptors (Lipinski definition) is 5. The van der Waals surface area contributed by atoms with Gasteiger partial charge < -0.3 is 25.7 Å². The molecule has 156 valence electrons. The molecule has 1 aromatic carbocycles. The number of aromatic nitrogens is 1. The van der Waals surface area contributed by atoms with Crippen molar-refractivity contribution in [3.05, 3.63) is 47.8 Å². The summed E-state index contributed by atoms with van der Waals surface area (Å²) in [7, 11) is 3.04. The van der Waals surface area contributed by atoms with Gasteiger partial charge in [0.05, 0.1) is 19.2 Å². The highest BCUT2D eigenvalue weighted by Crippen LogP contribution is 2.15. The zero-order valence-corrected chi connectivity index (χ0v) is 17.2. The molecule has 0 aliphatic rings. The summed E-state index contributed by atoms with van der Waals surface area (Å²) in [5.74, 6) is -0.826. The Bertz CT molecular complexity index is 889. The van der Waals surface area contributed by atoms with Gasteiger partial charge in [-0.05, 0) is 36.1 Å². The van der Waals surface area contributed by atoms with Crippen LogP contribution in [-0.2, 0) is 27.8 Å². The van der Waals surface area contributed by atoms with E-state index < -0.39 is 12.0 Å². The molecule has 2 aromatic rings. The molecule has 29 heavy (non-hydrogen) atoms. The van der Waals surface area contributed by atoms with Crippen molar-refractivity contribution < 1.29 is 19.1 Å². The molecule has 2 rings (SSSR count). The molecule has 8 nitrogen and oxygen atoms in total. The van der Waals surface area contributed by atoms with Crippen LogP contribution in [0.5, 0.6) is 0 Å². The molecule has 0 saturated carbocycles. The summed E-state index contributed by atoms with van der Waals surface area (Å²) in [5, 5.41) is 5.52. The maximum atomic E-state index is 12.4. The van der Waals surface area contributed by atoms with E-state index in [4.69, 9.17) is 10.5 Å². The molecule has 2 amide bonds. The average molecular weight is 400 g/mol. The van der Waals surface area contributed by atoms with Crippen molar-refractivity contribution in [1.82, 2.24) is 9.88 Å². The molecular formula is C21H28N4O4. The van der Waals surface area contributed by atoms with Gasteiger partial charge in [0.1, 0.15) is 11.7 Å². The predicted molar refractivity (Wildman–Crippen MR) is 111 cm³/mol. The summed E-state index contributed by atoms with van der Waals surface area (Å²) >= 11 is 0. The van der Waals surface area contributed by atoms with Gasteiger partial charge in [-0.25, -0.2) is 4.79 Å². The number of nitrogens with one attached hydrogen (secondary N) is 2. The topological polar surface area (TPSA) is 115 Å². The summed E-state index contributed by atoms with van der Waals surface area (Å²) < 4.78 is 6.41. The number of esters is 1. The number of rotatable bonds is 8. The van der Waals surface area contributed by atoms with Crippen LogP contribution in [0.2, 0.25) is 0 Å². The molecule has 0 bridgehead atoms. The minimum atomic E-state index is -0.682. The molecule has 1 heterocycles. The zero-order valence-electron chi connectivity index (χ0n) is 17.2. The van der Waals surface area contributed by atoms with Crippen molar-refractivity contribution >= 4 is 29.2 Å². The van der Waals surface area contributed by atoms with Crippen molar-refractivity contribution in [3.8, 4) is 0 Å². The second-order valence-electron chi connectivity index (χ2n) is 7.37. The second kappa shape index (κ2) is 9.77. The zero-order chi connectivity index (χ0) is 21.6. The average Bonchev–Trinajstić information content (AvgIpc) is 2.98. The number of carbonyl (C=O) groups excluding carboxylic acids is 3. The minimum absolute atomic E-state index is 0.0758. The van der Waals surface area contributed by atoms with Crippen LogP contribution in [0, 0.1) is 5.92 Å². The number of nitrogen functional groups attached to an aromatic ring is 1. The van der Waals surface area contributed by atoms with E-state index in [-0.39, 0.29) is 24.2 Å². The summed E-state index contributed by atoms with van der Waals surface area (Å²) in [5.41, 5.74) is 7.92. The Kier molecular flexibility index (Phi) is 7.41. The van der Waals surface area contributed by atoms with E-state index in [1.165, 1.54) is 7.11 Å². The number of hydrogen-bond donors (Lipinski definition) is 3. The van der Waals surface area contributed by atoms with E-state index in [2.05, 4.69) is 10.6 Å². The minimum Gasteiger partial charge on any atom is -0.467 e. The van der Waals surface area contributed by atoms with Crippen molar-refractivity contribution in [2.45, 2.75) is 32.7 Å². The Hall–Kier alpha value is -3.29. The fraction of sp³-hybridized carbons (Fsp3) is 0.381. The summed E-state index contributed by atoms with van der Waals surface area (Å²) in [6, 6.07) is 7.91.